The van der Waals surface area contributed by atoms with Gasteiger partial charge in [-0.1, -0.05) is 103 Å². The molecule has 0 spiro atoms. The van der Waals surface area contributed by atoms with Crippen molar-refractivity contribution < 1.29 is 26.4 Å². The van der Waals surface area contributed by atoms with Gasteiger partial charge >= 0.3 is 15.0 Å². The van der Waals surface area contributed by atoms with Crippen molar-refractivity contribution in [2.45, 2.75) is 128 Å². The Morgan fingerprint density at radius 1 is 0.600 bits per heavy atom. The van der Waals surface area contributed by atoms with Crippen molar-refractivity contribution in [3.8, 4) is 0 Å². The summed E-state index contributed by atoms with van der Waals surface area (Å²) in [4.78, 5) is 0. The van der Waals surface area contributed by atoms with Crippen molar-refractivity contribution >= 4 is 8.80 Å². The summed E-state index contributed by atoms with van der Waals surface area (Å²) in [7, 11) is -0.433. The molecule has 0 saturated heterocycles. The van der Waals surface area contributed by atoms with Crippen LogP contribution in [-0.2, 0) is 13.3 Å². The van der Waals surface area contributed by atoms with Crippen molar-refractivity contribution in [1.29, 1.82) is 0 Å². The van der Waals surface area contributed by atoms with E-state index in [-0.39, 0.29) is 6.04 Å². The molecule has 0 unspecified atom stereocenters. The molecular weight excluding hydrogens is 409 g/mol. The lowest BCUT2D eigenvalue weighted by Crippen LogP contribution is -2.44. The maximum Gasteiger partial charge on any atom is 0.500 e. The Morgan fingerprint density at radius 3 is 1.30 bits per heavy atom. The number of hydrogen-bond donors (Lipinski definition) is 0. The molecule has 0 aromatic rings. The molecule has 0 radical (unpaired) electrons. The van der Waals surface area contributed by atoms with E-state index in [2.05, 4.69) is 6.92 Å². The number of hydrogen-bond acceptors (Lipinski definition) is 3. The SMILES string of the molecule is CCCCCCCCCCCCCCCCCCO[Si](CCC(F)(F)F)(OC)OC. The van der Waals surface area contributed by atoms with Gasteiger partial charge in [-0.2, -0.15) is 13.2 Å². The van der Waals surface area contributed by atoms with Crippen LogP contribution in [0.25, 0.3) is 0 Å². The molecule has 0 bridgehead atoms. The second-order valence-corrected chi connectivity index (χ2v) is 11.3. The summed E-state index contributed by atoms with van der Waals surface area (Å²) in [6.07, 6.45) is 15.5. The molecule has 0 rings (SSSR count). The van der Waals surface area contributed by atoms with Gasteiger partial charge in [-0.25, -0.2) is 0 Å². The first kappa shape index (κ1) is 29.9. The number of rotatable bonds is 22. The van der Waals surface area contributed by atoms with E-state index in [1.54, 1.807) is 0 Å². The van der Waals surface area contributed by atoms with Crippen LogP contribution in [0, 0.1) is 0 Å². The van der Waals surface area contributed by atoms with E-state index < -0.39 is 21.4 Å². The highest BCUT2D eigenvalue weighted by molar-refractivity contribution is 6.60. The van der Waals surface area contributed by atoms with E-state index in [1.807, 2.05) is 0 Å². The fourth-order valence-corrected chi connectivity index (χ4v) is 5.65. The highest BCUT2D eigenvalue weighted by Gasteiger charge is 2.43. The van der Waals surface area contributed by atoms with Crippen LogP contribution < -0.4 is 0 Å². The first-order valence-corrected chi connectivity index (χ1v) is 14.1. The zero-order valence-electron chi connectivity index (χ0n) is 19.8. The van der Waals surface area contributed by atoms with Gasteiger partial charge in [0.2, 0.25) is 0 Å². The fraction of sp³-hybridized carbons (Fsp3) is 1.00. The van der Waals surface area contributed by atoms with Crippen molar-refractivity contribution in [2.24, 2.45) is 0 Å². The molecule has 0 N–H and O–H groups in total. The third-order valence-corrected chi connectivity index (χ3v) is 8.41. The lowest BCUT2D eigenvalue weighted by molar-refractivity contribution is -0.133. The van der Waals surface area contributed by atoms with Crippen LogP contribution in [0.1, 0.15) is 116 Å². The van der Waals surface area contributed by atoms with Crippen LogP contribution in [0.15, 0.2) is 0 Å². The van der Waals surface area contributed by atoms with E-state index in [0.29, 0.717) is 6.61 Å². The molecular formula is C23H47F3O3Si. The maximum absolute atomic E-state index is 12.5. The predicted octanol–water partition coefficient (Wildman–Crippen LogP) is 8.45. The monoisotopic (exact) mass is 456 g/mol. The molecule has 0 heterocycles. The smallest absolute Gasteiger partial charge is 0.377 e. The van der Waals surface area contributed by atoms with Gasteiger partial charge in [0.1, 0.15) is 0 Å². The summed E-state index contributed by atoms with van der Waals surface area (Å²) in [5.74, 6) is 0. The summed E-state index contributed by atoms with van der Waals surface area (Å²) in [6.45, 7) is 2.67. The van der Waals surface area contributed by atoms with Gasteiger partial charge in [-0.3, -0.25) is 0 Å². The van der Waals surface area contributed by atoms with Gasteiger partial charge in [-0.05, 0) is 6.42 Å². The molecule has 0 aliphatic carbocycles. The Labute approximate surface area is 184 Å². The highest BCUT2D eigenvalue weighted by Crippen LogP contribution is 2.27. The zero-order valence-corrected chi connectivity index (χ0v) is 20.8. The molecule has 182 valence electrons. The quantitative estimate of drug-likeness (QED) is 0.121. The van der Waals surface area contributed by atoms with Gasteiger partial charge in [0.25, 0.3) is 0 Å². The molecule has 0 atom stereocenters. The van der Waals surface area contributed by atoms with E-state index in [9.17, 15) is 13.2 Å². The molecule has 0 aliphatic heterocycles. The van der Waals surface area contributed by atoms with Crippen molar-refractivity contribution in [2.75, 3.05) is 20.8 Å². The van der Waals surface area contributed by atoms with Crippen LogP contribution in [-0.4, -0.2) is 35.8 Å². The minimum Gasteiger partial charge on any atom is -0.377 e. The average Bonchev–Trinajstić information content (AvgIpc) is 2.72. The number of unbranched alkanes of at least 4 members (excludes halogenated alkanes) is 15. The average molecular weight is 457 g/mol. The van der Waals surface area contributed by atoms with Gasteiger partial charge in [-0.15, -0.1) is 0 Å². The minimum absolute atomic E-state index is 0.220. The first-order chi connectivity index (χ1) is 14.4. The molecule has 3 nitrogen and oxygen atoms in total. The standard InChI is InChI=1S/C23H47F3O3Si/c1-4-5-6-7-8-9-10-11-12-13-14-15-16-17-18-19-21-29-30(27-2,28-3)22-20-23(24,25)26/h4-22H2,1-3H3. The normalized spacial score (nSPS) is 12.6. The van der Waals surface area contributed by atoms with E-state index in [0.717, 1.165) is 19.3 Å². The largest absolute Gasteiger partial charge is 0.500 e. The highest BCUT2D eigenvalue weighted by atomic mass is 28.4. The van der Waals surface area contributed by atoms with Crippen molar-refractivity contribution in [3.63, 3.8) is 0 Å². The Balaban J connectivity index is 3.48. The van der Waals surface area contributed by atoms with Crippen LogP contribution in [0.4, 0.5) is 13.2 Å². The van der Waals surface area contributed by atoms with Gasteiger partial charge in [0, 0.05) is 33.3 Å². The van der Waals surface area contributed by atoms with E-state index in [1.165, 1.54) is 97.7 Å². The molecule has 30 heavy (non-hydrogen) atoms. The Hall–Kier alpha value is -0.113. The predicted molar refractivity (Wildman–Crippen MR) is 121 cm³/mol. The Morgan fingerprint density at radius 2 is 0.967 bits per heavy atom. The van der Waals surface area contributed by atoms with E-state index in [4.69, 9.17) is 13.3 Å². The van der Waals surface area contributed by atoms with Crippen LogP contribution in [0.5, 0.6) is 0 Å². The molecule has 0 aromatic heterocycles. The summed E-state index contributed by atoms with van der Waals surface area (Å²) in [6, 6.07) is -0.220. The molecule has 0 fully saturated rings. The third-order valence-electron chi connectivity index (χ3n) is 5.66. The van der Waals surface area contributed by atoms with Crippen LogP contribution in [0.2, 0.25) is 6.04 Å². The third kappa shape index (κ3) is 18.6. The summed E-state index contributed by atoms with van der Waals surface area (Å²) >= 11 is 0. The minimum atomic E-state index is -4.22. The van der Waals surface area contributed by atoms with Crippen LogP contribution >= 0.6 is 0 Å². The maximum atomic E-state index is 12.5. The Bertz CT molecular complexity index is 364. The molecule has 7 heteroatoms. The topological polar surface area (TPSA) is 27.7 Å². The molecule has 0 amide bonds. The van der Waals surface area contributed by atoms with Gasteiger partial charge in [0.15, 0.2) is 0 Å². The second-order valence-electron chi connectivity index (χ2n) is 8.36. The lowest BCUT2D eigenvalue weighted by Gasteiger charge is -2.26. The lowest BCUT2D eigenvalue weighted by atomic mass is 10.0. The van der Waals surface area contributed by atoms with Gasteiger partial charge in [0.05, 0.1) is 0 Å². The number of halogens is 3. The molecule has 0 aromatic carbocycles. The molecule has 0 aliphatic rings. The van der Waals surface area contributed by atoms with Crippen LogP contribution in [0.3, 0.4) is 0 Å². The molecule has 0 saturated carbocycles. The summed E-state index contributed by atoms with van der Waals surface area (Å²) in [5.41, 5.74) is 0. The van der Waals surface area contributed by atoms with Crippen molar-refractivity contribution in [3.05, 3.63) is 0 Å². The van der Waals surface area contributed by atoms with E-state index >= 15 is 0 Å². The van der Waals surface area contributed by atoms with Crippen molar-refractivity contribution in [1.82, 2.24) is 0 Å². The Kier molecular flexibility index (Phi) is 19.5. The first-order valence-electron chi connectivity index (χ1n) is 12.2. The number of alkyl halides is 3. The summed E-state index contributed by atoms with van der Waals surface area (Å²) in [5, 5.41) is 0. The summed E-state index contributed by atoms with van der Waals surface area (Å²) < 4.78 is 53.4. The second kappa shape index (κ2) is 19.6. The zero-order chi connectivity index (χ0) is 22.6. The van der Waals surface area contributed by atoms with Gasteiger partial charge < -0.3 is 13.3 Å². The fourth-order valence-electron chi connectivity index (χ4n) is 3.65.